The third-order valence-corrected chi connectivity index (χ3v) is 3.04. The van der Waals surface area contributed by atoms with Crippen molar-refractivity contribution in [1.82, 2.24) is 10.2 Å². The lowest BCUT2D eigenvalue weighted by Crippen LogP contribution is -2.41. The molecule has 2 rings (SSSR count). The molecule has 3 heteroatoms. The van der Waals surface area contributed by atoms with Gasteiger partial charge in [-0.25, -0.2) is 0 Å². The first-order valence-electron chi connectivity index (χ1n) is 5.31. The summed E-state index contributed by atoms with van der Waals surface area (Å²) in [5.41, 5.74) is 0. The number of nitrogens with one attached hydrogen (secondary N) is 1. The molecule has 1 aliphatic carbocycles. The van der Waals surface area contributed by atoms with E-state index in [2.05, 4.69) is 17.1 Å². The minimum Gasteiger partial charge on any atom is -0.306 e. The highest BCUT2D eigenvalue weighted by Crippen LogP contribution is 2.26. The quantitative estimate of drug-likeness (QED) is 0.683. The summed E-state index contributed by atoms with van der Waals surface area (Å²) in [6, 6.07) is 0.903. The maximum Gasteiger partial charge on any atom is 0.152 e. The van der Waals surface area contributed by atoms with Crippen LogP contribution in [-0.4, -0.2) is 42.4 Å². The van der Waals surface area contributed by atoms with Gasteiger partial charge in [-0.2, -0.15) is 0 Å². The fraction of sp³-hybridized carbons (Fsp3) is 0.900. The van der Waals surface area contributed by atoms with E-state index >= 15 is 0 Å². The molecular formula is C10H18N2O. The van der Waals surface area contributed by atoms with Crippen molar-refractivity contribution in [2.45, 2.75) is 38.3 Å². The van der Waals surface area contributed by atoms with E-state index in [1.807, 2.05) is 0 Å². The first kappa shape index (κ1) is 9.16. The molecule has 1 saturated carbocycles. The van der Waals surface area contributed by atoms with E-state index in [0.29, 0.717) is 5.78 Å². The minimum absolute atomic E-state index is 0.126. The summed E-state index contributed by atoms with van der Waals surface area (Å²) >= 11 is 0. The minimum atomic E-state index is 0.126. The van der Waals surface area contributed by atoms with Crippen molar-refractivity contribution in [1.29, 1.82) is 0 Å². The van der Waals surface area contributed by atoms with Gasteiger partial charge in [-0.3, -0.25) is 9.69 Å². The fourth-order valence-electron chi connectivity index (χ4n) is 2.03. The molecule has 0 bridgehead atoms. The molecule has 1 heterocycles. The zero-order valence-corrected chi connectivity index (χ0v) is 8.25. The lowest BCUT2D eigenvalue weighted by Gasteiger charge is -2.22. The molecule has 0 aromatic heterocycles. The average Bonchev–Trinajstić information content (AvgIpc) is 2.88. The summed E-state index contributed by atoms with van der Waals surface area (Å²) in [4.78, 5) is 13.8. The Morgan fingerprint density at radius 2 is 2.31 bits per heavy atom. The molecule has 3 nitrogen and oxygen atoms in total. The van der Waals surface area contributed by atoms with E-state index in [1.54, 1.807) is 0 Å². The Hall–Kier alpha value is -0.410. The normalized spacial score (nSPS) is 28.8. The van der Waals surface area contributed by atoms with Gasteiger partial charge in [0.05, 0.1) is 6.04 Å². The van der Waals surface area contributed by atoms with Crippen LogP contribution in [0.15, 0.2) is 0 Å². The van der Waals surface area contributed by atoms with Crippen LogP contribution in [0.4, 0.5) is 0 Å². The van der Waals surface area contributed by atoms with Crippen molar-refractivity contribution in [3.05, 3.63) is 0 Å². The van der Waals surface area contributed by atoms with Gasteiger partial charge in [0.25, 0.3) is 0 Å². The van der Waals surface area contributed by atoms with Gasteiger partial charge in [-0.05, 0) is 19.4 Å². The number of hydrogen-bond acceptors (Lipinski definition) is 3. The van der Waals surface area contributed by atoms with E-state index in [-0.39, 0.29) is 6.04 Å². The zero-order chi connectivity index (χ0) is 9.26. The summed E-state index contributed by atoms with van der Waals surface area (Å²) < 4.78 is 0. The predicted octanol–water partition coefficient (Wildman–Crippen LogP) is 0.402. The number of carbonyl (C=O) groups is 1. The van der Waals surface area contributed by atoms with E-state index in [4.69, 9.17) is 0 Å². The highest BCUT2D eigenvalue weighted by molar-refractivity contribution is 5.86. The maximum absolute atomic E-state index is 11.4. The third-order valence-electron chi connectivity index (χ3n) is 3.04. The van der Waals surface area contributed by atoms with Crippen LogP contribution in [-0.2, 0) is 4.79 Å². The van der Waals surface area contributed by atoms with Gasteiger partial charge in [0.1, 0.15) is 0 Å². The molecule has 1 N–H and O–H groups in total. The number of rotatable bonds is 4. The molecule has 0 spiro atoms. The van der Waals surface area contributed by atoms with Crippen molar-refractivity contribution < 1.29 is 4.79 Å². The first-order chi connectivity index (χ1) is 6.31. The molecule has 0 radical (unpaired) electrons. The van der Waals surface area contributed by atoms with Crippen LogP contribution < -0.4 is 5.32 Å². The van der Waals surface area contributed by atoms with Crippen LogP contribution in [0, 0.1) is 0 Å². The highest BCUT2D eigenvalue weighted by Gasteiger charge is 2.32. The number of hydrogen-bond donors (Lipinski definition) is 1. The monoisotopic (exact) mass is 182 g/mol. The Kier molecular flexibility index (Phi) is 2.65. The second-order valence-corrected chi connectivity index (χ2v) is 4.04. The largest absolute Gasteiger partial charge is 0.306 e. The SMILES string of the molecule is CCN(CC1NCCC1=O)C1CC1. The van der Waals surface area contributed by atoms with Gasteiger partial charge in [0, 0.05) is 25.6 Å². The molecular weight excluding hydrogens is 164 g/mol. The van der Waals surface area contributed by atoms with Crippen LogP contribution >= 0.6 is 0 Å². The van der Waals surface area contributed by atoms with Crippen LogP contribution in [0.1, 0.15) is 26.2 Å². The zero-order valence-electron chi connectivity index (χ0n) is 8.25. The number of Topliss-reactive ketones (excluding diaryl/α,β-unsaturated/α-hetero) is 1. The van der Waals surface area contributed by atoms with Gasteiger partial charge in [0.2, 0.25) is 0 Å². The number of carbonyl (C=O) groups excluding carboxylic acids is 1. The van der Waals surface area contributed by atoms with Gasteiger partial charge in [-0.15, -0.1) is 0 Å². The van der Waals surface area contributed by atoms with E-state index < -0.39 is 0 Å². The molecule has 74 valence electrons. The lowest BCUT2D eigenvalue weighted by molar-refractivity contribution is -0.119. The van der Waals surface area contributed by atoms with Crippen molar-refractivity contribution in [3.63, 3.8) is 0 Å². The summed E-state index contributed by atoms with van der Waals surface area (Å²) in [5, 5.41) is 3.26. The van der Waals surface area contributed by atoms with Crippen molar-refractivity contribution >= 4 is 5.78 Å². The summed E-state index contributed by atoms with van der Waals surface area (Å²) in [5.74, 6) is 0.402. The van der Waals surface area contributed by atoms with Crippen LogP contribution in [0.3, 0.4) is 0 Å². The summed E-state index contributed by atoms with van der Waals surface area (Å²) in [6.45, 7) is 5.07. The standard InChI is InChI=1S/C10H18N2O/c1-2-12(8-3-4-8)7-9-10(13)5-6-11-9/h8-9,11H,2-7H2,1H3. The van der Waals surface area contributed by atoms with E-state index in [0.717, 1.165) is 32.1 Å². The smallest absolute Gasteiger partial charge is 0.152 e. The Bertz CT molecular complexity index is 201. The van der Waals surface area contributed by atoms with Crippen molar-refractivity contribution in [2.24, 2.45) is 0 Å². The topological polar surface area (TPSA) is 32.3 Å². The second-order valence-electron chi connectivity index (χ2n) is 4.04. The van der Waals surface area contributed by atoms with Crippen LogP contribution in [0.5, 0.6) is 0 Å². The highest BCUT2D eigenvalue weighted by atomic mass is 16.1. The van der Waals surface area contributed by atoms with Gasteiger partial charge in [0.15, 0.2) is 5.78 Å². The molecule has 2 aliphatic rings. The fourth-order valence-corrected chi connectivity index (χ4v) is 2.03. The molecule has 0 amide bonds. The molecule has 13 heavy (non-hydrogen) atoms. The Labute approximate surface area is 79.5 Å². The van der Waals surface area contributed by atoms with E-state index in [9.17, 15) is 4.79 Å². The van der Waals surface area contributed by atoms with Gasteiger partial charge >= 0.3 is 0 Å². The average molecular weight is 182 g/mol. The van der Waals surface area contributed by atoms with Crippen molar-refractivity contribution in [3.8, 4) is 0 Å². The summed E-state index contributed by atoms with van der Waals surface area (Å²) in [6.07, 6.45) is 3.39. The van der Waals surface area contributed by atoms with Crippen molar-refractivity contribution in [2.75, 3.05) is 19.6 Å². The number of ketones is 1. The van der Waals surface area contributed by atoms with Gasteiger partial charge < -0.3 is 5.32 Å². The molecule has 1 unspecified atom stereocenters. The lowest BCUT2D eigenvalue weighted by atomic mass is 10.2. The Balaban J connectivity index is 1.83. The van der Waals surface area contributed by atoms with Gasteiger partial charge in [-0.1, -0.05) is 6.92 Å². The predicted molar refractivity (Wildman–Crippen MR) is 51.7 cm³/mol. The van der Waals surface area contributed by atoms with Crippen LogP contribution in [0.25, 0.3) is 0 Å². The Morgan fingerprint density at radius 1 is 1.54 bits per heavy atom. The van der Waals surface area contributed by atoms with E-state index in [1.165, 1.54) is 12.8 Å². The molecule has 0 aromatic carbocycles. The molecule has 0 aromatic rings. The maximum atomic E-state index is 11.4. The number of likely N-dealkylation sites (N-methyl/N-ethyl adjacent to an activating group) is 1. The second kappa shape index (κ2) is 3.76. The van der Waals surface area contributed by atoms with Crippen LogP contribution in [0.2, 0.25) is 0 Å². The molecule has 1 aliphatic heterocycles. The molecule has 1 atom stereocenters. The molecule has 2 fully saturated rings. The summed E-state index contributed by atoms with van der Waals surface area (Å²) in [7, 11) is 0. The Morgan fingerprint density at radius 3 is 2.77 bits per heavy atom. The first-order valence-corrected chi connectivity index (χ1v) is 5.31. The molecule has 1 saturated heterocycles. The number of nitrogens with zero attached hydrogens (tertiary/aromatic N) is 1. The third kappa shape index (κ3) is 2.09.